The van der Waals surface area contributed by atoms with E-state index in [4.69, 9.17) is 5.14 Å². The maximum absolute atomic E-state index is 11.2. The summed E-state index contributed by atoms with van der Waals surface area (Å²) in [6.07, 6.45) is 4.33. The molecule has 6 nitrogen and oxygen atoms in total. The first kappa shape index (κ1) is 14.2. The largest absolute Gasteiger partial charge is 0.274 e. The van der Waals surface area contributed by atoms with Gasteiger partial charge < -0.3 is 0 Å². The summed E-state index contributed by atoms with van der Waals surface area (Å²) in [6.45, 7) is 0.693. The van der Waals surface area contributed by atoms with Crippen LogP contribution in [0.4, 0.5) is 0 Å². The summed E-state index contributed by atoms with van der Waals surface area (Å²) in [5.41, 5.74) is 3.20. The lowest BCUT2D eigenvalue weighted by atomic mass is 9.94. The smallest absolute Gasteiger partial charge is 0.265 e. The second-order valence-electron chi connectivity index (χ2n) is 5.30. The summed E-state index contributed by atoms with van der Waals surface area (Å²) in [5.74, 6) is 0. The van der Waals surface area contributed by atoms with Crippen LogP contribution in [0, 0.1) is 0 Å². The maximum atomic E-state index is 11.2. The Balaban J connectivity index is 1.86. The van der Waals surface area contributed by atoms with Crippen molar-refractivity contribution in [3.05, 3.63) is 53.3 Å². The zero-order chi connectivity index (χ0) is 14.9. The molecule has 2 aromatic rings. The number of benzene rings is 1. The fraction of sp³-hybridized carbons (Fsp3) is 0.357. The van der Waals surface area contributed by atoms with E-state index in [2.05, 4.69) is 22.0 Å². The van der Waals surface area contributed by atoms with Gasteiger partial charge in [0.2, 0.25) is 0 Å². The second-order valence-corrected chi connectivity index (χ2v) is 6.62. The first-order valence-corrected chi connectivity index (χ1v) is 8.46. The summed E-state index contributed by atoms with van der Waals surface area (Å²) in [7, 11) is -3.70. The third-order valence-electron chi connectivity index (χ3n) is 3.74. The predicted molar refractivity (Wildman–Crippen MR) is 79.7 cm³/mol. The quantitative estimate of drug-likeness (QED) is 0.886. The predicted octanol–water partition coefficient (Wildman–Crippen LogP) is 1.10. The summed E-state index contributed by atoms with van der Waals surface area (Å²) >= 11 is 0. The number of nitrogens with one attached hydrogen (secondary N) is 1. The molecule has 1 atom stereocenters. The molecule has 3 rings (SSSR count). The number of hydrogen-bond acceptors (Lipinski definition) is 3. The van der Waals surface area contributed by atoms with Gasteiger partial charge in [0, 0.05) is 11.3 Å². The summed E-state index contributed by atoms with van der Waals surface area (Å²) in [4.78, 5) is 0. The van der Waals surface area contributed by atoms with Crippen LogP contribution < -0.4 is 9.86 Å². The van der Waals surface area contributed by atoms with Gasteiger partial charge >= 0.3 is 0 Å². The van der Waals surface area contributed by atoms with Crippen LogP contribution in [0.3, 0.4) is 0 Å². The van der Waals surface area contributed by atoms with Gasteiger partial charge in [-0.25, -0.2) is 5.14 Å². The lowest BCUT2D eigenvalue weighted by molar-refractivity contribution is 0.494. The molecule has 21 heavy (non-hydrogen) atoms. The van der Waals surface area contributed by atoms with Crippen LogP contribution in [-0.2, 0) is 23.2 Å². The number of rotatable bonds is 4. The maximum Gasteiger partial charge on any atom is 0.274 e. The molecule has 0 bridgehead atoms. The zero-order valence-corrected chi connectivity index (χ0v) is 12.4. The van der Waals surface area contributed by atoms with Crippen molar-refractivity contribution in [1.82, 2.24) is 14.5 Å². The molecule has 0 spiro atoms. The van der Waals surface area contributed by atoms with E-state index in [-0.39, 0.29) is 6.04 Å². The minimum Gasteiger partial charge on any atom is -0.265 e. The van der Waals surface area contributed by atoms with E-state index < -0.39 is 10.2 Å². The van der Waals surface area contributed by atoms with Crippen LogP contribution in [0.15, 0.2) is 36.5 Å². The van der Waals surface area contributed by atoms with E-state index in [1.54, 1.807) is 6.20 Å². The van der Waals surface area contributed by atoms with Crippen LogP contribution in [0.1, 0.15) is 35.7 Å². The lowest BCUT2D eigenvalue weighted by Crippen LogP contribution is -2.35. The van der Waals surface area contributed by atoms with Crippen molar-refractivity contribution in [2.45, 2.75) is 31.8 Å². The summed E-state index contributed by atoms with van der Waals surface area (Å²) in [5, 5.41) is 9.50. The van der Waals surface area contributed by atoms with Crippen molar-refractivity contribution in [3.63, 3.8) is 0 Å². The molecule has 1 aromatic heterocycles. The third-order valence-corrected chi connectivity index (χ3v) is 4.36. The Labute approximate surface area is 124 Å². The highest BCUT2D eigenvalue weighted by Gasteiger charge is 2.26. The highest BCUT2D eigenvalue weighted by molar-refractivity contribution is 7.87. The van der Waals surface area contributed by atoms with E-state index >= 15 is 0 Å². The van der Waals surface area contributed by atoms with Gasteiger partial charge in [0.05, 0.1) is 18.8 Å². The van der Waals surface area contributed by atoms with Gasteiger partial charge in [0.1, 0.15) is 0 Å². The number of hydrogen-bond donors (Lipinski definition) is 2. The first-order chi connectivity index (χ1) is 10.0. The van der Waals surface area contributed by atoms with Crippen molar-refractivity contribution < 1.29 is 8.42 Å². The van der Waals surface area contributed by atoms with Crippen LogP contribution >= 0.6 is 0 Å². The average molecular weight is 306 g/mol. The van der Waals surface area contributed by atoms with Gasteiger partial charge in [-0.1, -0.05) is 30.3 Å². The SMILES string of the molecule is NS(=O)(=O)N[C@H]1CCCc2c1cnn2Cc1ccccc1. The molecule has 112 valence electrons. The van der Waals surface area contributed by atoms with Crippen LogP contribution in [0.25, 0.3) is 0 Å². The Bertz CT molecular complexity index is 725. The van der Waals surface area contributed by atoms with E-state index in [1.807, 2.05) is 22.9 Å². The number of nitrogens with zero attached hydrogens (tertiary/aromatic N) is 2. The molecule has 7 heteroatoms. The molecular formula is C14H18N4O2S. The van der Waals surface area contributed by atoms with Crippen molar-refractivity contribution in [2.75, 3.05) is 0 Å². The Morgan fingerprint density at radius 2 is 2.10 bits per heavy atom. The Hall–Kier alpha value is -1.70. The number of nitrogens with two attached hydrogens (primary N) is 1. The van der Waals surface area contributed by atoms with Gasteiger partial charge in [-0.3, -0.25) is 4.68 Å². The van der Waals surface area contributed by atoms with Crippen LogP contribution in [0.2, 0.25) is 0 Å². The Morgan fingerprint density at radius 3 is 2.81 bits per heavy atom. The minimum absolute atomic E-state index is 0.270. The van der Waals surface area contributed by atoms with Gasteiger partial charge in [-0.05, 0) is 24.8 Å². The fourth-order valence-electron chi connectivity index (χ4n) is 2.83. The lowest BCUT2D eigenvalue weighted by Gasteiger charge is -2.23. The monoisotopic (exact) mass is 306 g/mol. The van der Waals surface area contributed by atoms with Crippen molar-refractivity contribution in [3.8, 4) is 0 Å². The molecule has 1 aliphatic carbocycles. The molecule has 0 unspecified atom stereocenters. The zero-order valence-electron chi connectivity index (χ0n) is 11.6. The van der Waals surface area contributed by atoms with E-state index in [1.165, 1.54) is 5.56 Å². The molecule has 1 heterocycles. The molecular weight excluding hydrogens is 288 g/mol. The highest BCUT2D eigenvalue weighted by Crippen LogP contribution is 2.30. The molecule has 0 saturated carbocycles. The molecule has 0 amide bonds. The highest BCUT2D eigenvalue weighted by atomic mass is 32.2. The third kappa shape index (κ3) is 3.31. The first-order valence-electron chi connectivity index (χ1n) is 6.91. The van der Waals surface area contributed by atoms with Crippen LogP contribution in [-0.4, -0.2) is 18.2 Å². The number of fused-ring (bicyclic) bond motifs is 1. The Morgan fingerprint density at radius 1 is 1.33 bits per heavy atom. The van der Waals surface area contributed by atoms with Crippen molar-refractivity contribution >= 4 is 10.2 Å². The number of aromatic nitrogens is 2. The summed E-state index contributed by atoms with van der Waals surface area (Å²) in [6, 6.07) is 9.81. The fourth-order valence-corrected chi connectivity index (χ4v) is 3.47. The van der Waals surface area contributed by atoms with E-state index in [0.717, 1.165) is 30.5 Å². The van der Waals surface area contributed by atoms with E-state index in [9.17, 15) is 8.42 Å². The molecule has 1 aromatic carbocycles. The van der Waals surface area contributed by atoms with Crippen LogP contribution in [0.5, 0.6) is 0 Å². The molecule has 0 fully saturated rings. The second kappa shape index (κ2) is 5.59. The average Bonchev–Trinajstić information content (AvgIpc) is 2.83. The molecule has 0 radical (unpaired) electrons. The van der Waals surface area contributed by atoms with Gasteiger partial charge in [0.15, 0.2) is 0 Å². The van der Waals surface area contributed by atoms with Gasteiger partial charge in [0.25, 0.3) is 10.2 Å². The normalized spacial score (nSPS) is 18.4. The van der Waals surface area contributed by atoms with Crippen molar-refractivity contribution in [1.29, 1.82) is 0 Å². The van der Waals surface area contributed by atoms with Crippen molar-refractivity contribution in [2.24, 2.45) is 5.14 Å². The van der Waals surface area contributed by atoms with Gasteiger partial charge in [-0.2, -0.15) is 18.2 Å². The van der Waals surface area contributed by atoms with E-state index in [0.29, 0.717) is 6.54 Å². The molecule has 3 N–H and O–H groups in total. The standard InChI is InChI=1S/C14H18N4O2S/c15-21(19,20)17-13-7-4-8-14-12(13)9-16-18(14)10-11-5-2-1-3-6-11/h1-3,5-6,9,13,17H,4,7-8,10H2,(H2,15,19,20)/t13-/m0/s1. The topological polar surface area (TPSA) is 90.0 Å². The molecule has 1 aliphatic rings. The Kier molecular flexibility index (Phi) is 3.79. The molecule has 0 saturated heterocycles. The minimum atomic E-state index is -3.70. The summed E-state index contributed by atoms with van der Waals surface area (Å²) < 4.78 is 26.9. The van der Waals surface area contributed by atoms with Gasteiger partial charge in [-0.15, -0.1) is 0 Å². The molecule has 0 aliphatic heterocycles.